The Morgan fingerprint density at radius 3 is 2.67 bits per heavy atom. The molecule has 4 aromatic rings. The van der Waals surface area contributed by atoms with Crippen LogP contribution >= 0.6 is 23.4 Å². The van der Waals surface area contributed by atoms with Crippen molar-refractivity contribution < 1.29 is 4.42 Å². The molecule has 0 amide bonds. The van der Waals surface area contributed by atoms with Crippen molar-refractivity contribution in [3.63, 3.8) is 0 Å². The zero-order valence-electron chi connectivity index (χ0n) is 16.4. The van der Waals surface area contributed by atoms with Crippen molar-refractivity contribution in [1.29, 1.82) is 0 Å². The van der Waals surface area contributed by atoms with Crippen LogP contribution in [0.2, 0.25) is 5.02 Å². The van der Waals surface area contributed by atoms with Crippen LogP contribution in [0.1, 0.15) is 48.2 Å². The fraction of sp³-hybridized carbons (Fsp3) is 0.273. The standard InChI is InChI=1S/C22H20ClN5OS/c1-14(20-25-26-21(29-20)17-8-5-9-18(23)12-17)30-22-27-24-19(16-10-11-16)28(22)13-15-6-3-2-4-7-15/h2-9,12,14,16H,10-11,13H2,1H3/t14-/m0/s1. The van der Waals surface area contributed by atoms with Crippen LogP contribution < -0.4 is 0 Å². The van der Waals surface area contributed by atoms with Crippen LogP contribution in [0.3, 0.4) is 0 Å². The second-order valence-electron chi connectivity index (χ2n) is 7.40. The summed E-state index contributed by atoms with van der Waals surface area (Å²) in [5.41, 5.74) is 2.04. The maximum absolute atomic E-state index is 6.08. The van der Waals surface area contributed by atoms with E-state index in [2.05, 4.69) is 49.2 Å². The first-order chi connectivity index (χ1) is 14.7. The molecular formula is C22H20ClN5OS. The summed E-state index contributed by atoms with van der Waals surface area (Å²) in [6.07, 6.45) is 2.36. The maximum Gasteiger partial charge on any atom is 0.247 e. The predicted octanol–water partition coefficient (Wildman–Crippen LogP) is 5.76. The molecule has 8 heteroatoms. The Balaban J connectivity index is 1.38. The summed E-state index contributed by atoms with van der Waals surface area (Å²) in [6, 6.07) is 17.8. The molecule has 152 valence electrons. The second kappa shape index (κ2) is 8.24. The lowest BCUT2D eigenvalue weighted by Gasteiger charge is -2.11. The maximum atomic E-state index is 6.08. The van der Waals surface area contributed by atoms with Gasteiger partial charge in [0, 0.05) is 16.5 Å². The molecule has 0 N–H and O–H groups in total. The average Bonchev–Trinajstić information content (AvgIpc) is 3.34. The van der Waals surface area contributed by atoms with Crippen molar-refractivity contribution in [2.45, 2.75) is 42.6 Å². The lowest BCUT2D eigenvalue weighted by molar-refractivity contribution is 0.508. The fourth-order valence-electron chi connectivity index (χ4n) is 3.29. The van der Waals surface area contributed by atoms with Gasteiger partial charge in [-0.25, -0.2) is 0 Å². The Morgan fingerprint density at radius 1 is 1.07 bits per heavy atom. The van der Waals surface area contributed by atoms with E-state index in [-0.39, 0.29) is 5.25 Å². The Hall–Kier alpha value is -2.64. The molecule has 2 aromatic heterocycles. The first-order valence-electron chi connectivity index (χ1n) is 9.90. The van der Waals surface area contributed by atoms with E-state index in [1.807, 2.05) is 37.3 Å². The van der Waals surface area contributed by atoms with Crippen molar-refractivity contribution in [2.75, 3.05) is 0 Å². The molecule has 0 radical (unpaired) electrons. The van der Waals surface area contributed by atoms with E-state index in [0.29, 0.717) is 22.7 Å². The molecule has 30 heavy (non-hydrogen) atoms. The third kappa shape index (κ3) is 4.13. The van der Waals surface area contributed by atoms with E-state index in [1.165, 1.54) is 18.4 Å². The van der Waals surface area contributed by atoms with Gasteiger partial charge in [0.25, 0.3) is 0 Å². The zero-order chi connectivity index (χ0) is 20.5. The summed E-state index contributed by atoms with van der Waals surface area (Å²) in [6.45, 7) is 2.80. The molecule has 1 aliphatic carbocycles. The molecule has 1 aliphatic rings. The summed E-state index contributed by atoms with van der Waals surface area (Å²) in [5, 5.41) is 18.9. The number of aromatic nitrogens is 5. The number of benzene rings is 2. The summed E-state index contributed by atoms with van der Waals surface area (Å²) in [4.78, 5) is 0. The zero-order valence-corrected chi connectivity index (χ0v) is 18.0. The molecule has 2 aromatic carbocycles. The molecule has 0 aliphatic heterocycles. The quantitative estimate of drug-likeness (QED) is 0.342. The fourth-order valence-corrected chi connectivity index (χ4v) is 4.37. The molecule has 5 rings (SSSR count). The van der Waals surface area contributed by atoms with Crippen molar-refractivity contribution in [1.82, 2.24) is 25.0 Å². The molecular weight excluding hydrogens is 418 g/mol. The topological polar surface area (TPSA) is 69.6 Å². The normalized spacial score (nSPS) is 14.7. The minimum absolute atomic E-state index is 0.0591. The van der Waals surface area contributed by atoms with Crippen LogP contribution in [-0.4, -0.2) is 25.0 Å². The summed E-state index contributed by atoms with van der Waals surface area (Å²) >= 11 is 7.66. The van der Waals surface area contributed by atoms with E-state index in [1.54, 1.807) is 11.8 Å². The van der Waals surface area contributed by atoms with Crippen molar-refractivity contribution in [3.05, 3.63) is 76.9 Å². The third-order valence-electron chi connectivity index (χ3n) is 5.01. The Labute approximate surface area is 183 Å². The highest BCUT2D eigenvalue weighted by molar-refractivity contribution is 7.99. The monoisotopic (exact) mass is 437 g/mol. The highest BCUT2D eigenvalue weighted by atomic mass is 35.5. The largest absolute Gasteiger partial charge is 0.419 e. The number of hydrogen-bond acceptors (Lipinski definition) is 6. The van der Waals surface area contributed by atoms with Gasteiger partial charge in [-0.1, -0.05) is 59.8 Å². The molecule has 1 atom stereocenters. The van der Waals surface area contributed by atoms with Gasteiger partial charge in [0.2, 0.25) is 11.8 Å². The molecule has 6 nitrogen and oxygen atoms in total. The van der Waals surface area contributed by atoms with E-state index in [4.69, 9.17) is 16.0 Å². The van der Waals surface area contributed by atoms with E-state index in [0.717, 1.165) is 23.1 Å². The third-order valence-corrected chi connectivity index (χ3v) is 6.32. The molecule has 2 heterocycles. The number of nitrogens with zero attached hydrogens (tertiary/aromatic N) is 5. The Bertz CT molecular complexity index is 1160. The summed E-state index contributed by atoms with van der Waals surface area (Å²) in [5.74, 6) is 2.60. The van der Waals surface area contributed by atoms with Gasteiger partial charge in [-0.15, -0.1) is 20.4 Å². The Morgan fingerprint density at radius 2 is 1.90 bits per heavy atom. The van der Waals surface area contributed by atoms with Gasteiger partial charge in [-0.2, -0.15) is 0 Å². The molecule has 0 bridgehead atoms. The molecule has 0 spiro atoms. The van der Waals surface area contributed by atoms with Crippen molar-refractivity contribution in [3.8, 4) is 11.5 Å². The Kier molecular flexibility index (Phi) is 5.31. The van der Waals surface area contributed by atoms with Gasteiger partial charge in [-0.05, 0) is 43.5 Å². The van der Waals surface area contributed by atoms with Crippen molar-refractivity contribution >= 4 is 23.4 Å². The lowest BCUT2D eigenvalue weighted by Crippen LogP contribution is -2.06. The van der Waals surface area contributed by atoms with Crippen LogP contribution in [0.25, 0.3) is 11.5 Å². The van der Waals surface area contributed by atoms with Crippen LogP contribution in [0.15, 0.2) is 64.2 Å². The number of rotatable bonds is 7. The molecule has 0 unspecified atom stereocenters. The van der Waals surface area contributed by atoms with E-state index in [9.17, 15) is 0 Å². The molecule has 1 fully saturated rings. The van der Waals surface area contributed by atoms with Crippen molar-refractivity contribution in [2.24, 2.45) is 0 Å². The van der Waals surface area contributed by atoms with Crippen LogP contribution in [-0.2, 0) is 6.54 Å². The summed E-state index contributed by atoms with van der Waals surface area (Å²) in [7, 11) is 0. The first-order valence-corrected chi connectivity index (χ1v) is 11.2. The van der Waals surface area contributed by atoms with Gasteiger partial charge in [-0.3, -0.25) is 0 Å². The number of hydrogen-bond donors (Lipinski definition) is 0. The molecule has 1 saturated carbocycles. The van der Waals surface area contributed by atoms with Gasteiger partial charge in [0.15, 0.2) is 5.16 Å². The van der Waals surface area contributed by atoms with E-state index >= 15 is 0 Å². The van der Waals surface area contributed by atoms with Gasteiger partial charge in [0.05, 0.1) is 11.8 Å². The first kappa shape index (κ1) is 19.3. The minimum Gasteiger partial charge on any atom is -0.419 e. The van der Waals surface area contributed by atoms with Gasteiger partial charge < -0.3 is 8.98 Å². The smallest absolute Gasteiger partial charge is 0.247 e. The van der Waals surface area contributed by atoms with Crippen LogP contribution in [0.4, 0.5) is 0 Å². The number of thioether (sulfide) groups is 1. The number of halogens is 1. The van der Waals surface area contributed by atoms with Crippen LogP contribution in [0.5, 0.6) is 0 Å². The average molecular weight is 438 g/mol. The highest BCUT2D eigenvalue weighted by Crippen LogP contribution is 2.42. The second-order valence-corrected chi connectivity index (χ2v) is 9.15. The minimum atomic E-state index is -0.0591. The van der Waals surface area contributed by atoms with Crippen LogP contribution in [0, 0.1) is 0 Å². The summed E-state index contributed by atoms with van der Waals surface area (Å²) < 4.78 is 8.15. The lowest BCUT2D eigenvalue weighted by atomic mass is 10.2. The predicted molar refractivity (Wildman–Crippen MR) is 117 cm³/mol. The highest BCUT2D eigenvalue weighted by Gasteiger charge is 2.31. The SMILES string of the molecule is C[C@H](Sc1nnc(C2CC2)n1Cc1ccccc1)c1nnc(-c2cccc(Cl)c2)o1. The van der Waals surface area contributed by atoms with E-state index < -0.39 is 0 Å². The molecule has 0 saturated heterocycles. The van der Waals surface area contributed by atoms with Gasteiger partial charge >= 0.3 is 0 Å². The van der Waals surface area contributed by atoms with Gasteiger partial charge in [0.1, 0.15) is 5.82 Å².